The van der Waals surface area contributed by atoms with Gasteiger partial charge in [-0.05, 0) is 55.5 Å². The zero-order valence-corrected chi connectivity index (χ0v) is 19.3. The second-order valence-electron chi connectivity index (χ2n) is 6.92. The van der Waals surface area contributed by atoms with Crippen LogP contribution in [0, 0.1) is 0 Å². The standard InChI is InChI=1S/C22H29N3O3.HI/c1-26-20-13-10-17(14-21(20)27-2)25-22(23)24-15-16-8-11-19(12-9-16)28-18-6-4-3-5-7-18;/h8-14,18H,3-7,15H2,1-2H3,(H3,23,24,25);1H. The van der Waals surface area contributed by atoms with E-state index in [4.69, 9.17) is 19.9 Å². The maximum Gasteiger partial charge on any atom is 0.193 e. The molecule has 0 aromatic heterocycles. The number of hydrogen-bond donors (Lipinski definition) is 2. The van der Waals surface area contributed by atoms with Crippen LogP contribution in [0.4, 0.5) is 5.69 Å². The van der Waals surface area contributed by atoms with Crippen LogP contribution in [-0.4, -0.2) is 26.3 Å². The number of methoxy groups -OCH3 is 2. The average Bonchev–Trinajstić information content (AvgIpc) is 2.74. The molecule has 7 heteroatoms. The van der Waals surface area contributed by atoms with Crippen LogP contribution >= 0.6 is 24.0 Å². The summed E-state index contributed by atoms with van der Waals surface area (Å²) in [7, 11) is 3.20. The van der Waals surface area contributed by atoms with Gasteiger partial charge in [0.25, 0.3) is 0 Å². The maximum absolute atomic E-state index is 6.06. The van der Waals surface area contributed by atoms with E-state index in [0.29, 0.717) is 30.1 Å². The minimum Gasteiger partial charge on any atom is -0.493 e. The molecule has 0 bridgehead atoms. The van der Waals surface area contributed by atoms with Crippen molar-refractivity contribution in [2.75, 3.05) is 19.5 Å². The Labute approximate surface area is 189 Å². The van der Waals surface area contributed by atoms with Crippen molar-refractivity contribution in [3.8, 4) is 17.2 Å². The van der Waals surface area contributed by atoms with Gasteiger partial charge in [-0.2, -0.15) is 0 Å². The maximum atomic E-state index is 6.06. The van der Waals surface area contributed by atoms with Crippen LogP contribution in [0.15, 0.2) is 47.5 Å². The number of aliphatic imine (C=N–C) groups is 1. The topological polar surface area (TPSA) is 78.1 Å². The van der Waals surface area contributed by atoms with E-state index in [0.717, 1.165) is 29.8 Å². The van der Waals surface area contributed by atoms with Gasteiger partial charge in [0.2, 0.25) is 0 Å². The molecule has 0 saturated heterocycles. The van der Waals surface area contributed by atoms with Crippen LogP contribution in [0.2, 0.25) is 0 Å². The molecule has 0 amide bonds. The lowest BCUT2D eigenvalue weighted by Gasteiger charge is -2.23. The van der Waals surface area contributed by atoms with Crippen molar-refractivity contribution < 1.29 is 14.2 Å². The highest BCUT2D eigenvalue weighted by Gasteiger charge is 2.14. The number of guanidine groups is 1. The summed E-state index contributed by atoms with van der Waals surface area (Å²) >= 11 is 0. The first kappa shape index (κ1) is 23.1. The molecule has 0 aliphatic heterocycles. The van der Waals surface area contributed by atoms with Gasteiger partial charge in [0.15, 0.2) is 17.5 Å². The molecule has 2 aromatic rings. The largest absolute Gasteiger partial charge is 0.493 e. The molecular formula is C22H30IN3O3. The molecule has 1 aliphatic rings. The Morgan fingerprint density at radius 1 is 1.00 bits per heavy atom. The quantitative estimate of drug-likeness (QED) is 0.312. The van der Waals surface area contributed by atoms with Crippen molar-refractivity contribution in [1.82, 2.24) is 0 Å². The number of halogens is 1. The number of nitrogens with zero attached hydrogens (tertiary/aromatic N) is 1. The number of hydrogen-bond acceptors (Lipinski definition) is 4. The van der Waals surface area contributed by atoms with Gasteiger partial charge < -0.3 is 25.3 Å². The predicted molar refractivity (Wildman–Crippen MR) is 128 cm³/mol. The molecule has 2 aromatic carbocycles. The second kappa shape index (κ2) is 11.7. The van der Waals surface area contributed by atoms with E-state index in [1.165, 1.54) is 19.3 Å². The third-order valence-electron chi connectivity index (χ3n) is 4.87. The number of rotatable bonds is 7. The molecule has 3 rings (SSSR count). The predicted octanol–water partition coefficient (Wildman–Crippen LogP) is 4.96. The summed E-state index contributed by atoms with van der Waals surface area (Å²) in [6.45, 7) is 0.496. The molecule has 1 aliphatic carbocycles. The molecule has 158 valence electrons. The first-order chi connectivity index (χ1) is 13.7. The second-order valence-corrected chi connectivity index (χ2v) is 6.92. The SMILES string of the molecule is COc1ccc(NC(N)=NCc2ccc(OC3CCCCC3)cc2)cc1OC.I. The molecule has 3 N–H and O–H groups in total. The number of nitrogens with two attached hydrogens (primary N) is 1. The summed E-state index contributed by atoms with van der Waals surface area (Å²) < 4.78 is 16.6. The summed E-state index contributed by atoms with van der Waals surface area (Å²) in [6, 6.07) is 13.6. The van der Waals surface area contributed by atoms with E-state index in [1.54, 1.807) is 14.2 Å². The van der Waals surface area contributed by atoms with Gasteiger partial charge in [0.05, 0.1) is 26.9 Å². The van der Waals surface area contributed by atoms with Gasteiger partial charge in [-0.3, -0.25) is 0 Å². The smallest absolute Gasteiger partial charge is 0.193 e. The Morgan fingerprint density at radius 3 is 2.34 bits per heavy atom. The highest BCUT2D eigenvalue weighted by Crippen LogP contribution is 2.29. The minimum absolute atomic E-state index is 0. The van der Waals surface area contributed by atoms with Gasteiger partial charge >= 0.3 is 0 Å². The molecule has 0 spiro atoms. The van der Waals surface area contributed by atoms with Crippen LogP contribution in [0.25, 0.3) is 0 Å². The lowest BCUT2D eigenvalue weighted by atomic mass is 9.98. The fourth-order valence-electron chi connectivity index (χ4n) is 3.33. The molecule has 0 radical (unpaired) electrons. The van der Waals surface area contributed by atoms with E-state index in [-0.39, 0.29) is 24.0 Å². The molecular weight excluding hydrogens is 481 g/mol. The van der Waals surface area contributed by atoms with E-state index < -0.39 is 0 Å². The molecule has 0 atom stereocenters. The van der Waals surface area contributed by atoms with Gasteiger partial charge in [-0.25, -0.2) is 4.99 Å². The third kappa shape index (κ3) is 6.99. The van der Waals surface area contributed by atoms with Crippen LogP contribution in [0.5, 0.6) is 17.2 Å². The third-order valence-corrected chi connectivity index (χ3v) is 4.87. The van der Waals surface area contributed by atoms with Crippen LogP contribution in [0.3, 0.4) is 0 Å². The Morgan fingerprint density at radius 2 is 1.69 bits per heavy atom. The van der Waals surface area contributed by atoms with Crippen LogP contribution < -0.4 is 25.3 Å². The molecule has 0 unspecified atom stereocenters. The number of anilines is 1. The zero-order chi connectivity index (χ0) is 19.8. The van der Waals surface area contributed by atoms with Crippen LogP contribution in [0.1, 0.15) is 37.7 Å². The van der Waals surface area contributed by atoms with Gasteiger partial charge in [0.1, 0.15) is 5.75 Å². The number of ether oxygens (including phenoxy) is 3. The fourth-order valence-corrected chi connectivity index (χ4v) is 3.33. The lowest BCUT2D eigenvalue weighted by Crippen LogP contribution is -2.22. The Balaban J connectivity index is 0.00000300. The van der Waals surface area contributed by atoms with Crippen LogP contribution in [-0.2, 0) is 6.54 Å². The van der Waals surface area contributed by atoms with Gasteiger partial charge in [-0.15, -0.1) is 24.0 Å². The monoisotopic (exact) mass is 511 g/mol. The van der Waals surface area contributed by atoms with E-state index in [9.17, 15) is 0 Å². The molecule has 0 heterocycles. The molecule has 6 nitrogen and oxygen atoms in total. The van der Waals surface area contributed by atoms with Crippen molar-refractivity contribution in [3.05, 3.63) is 48.0 Å². The normalized spacial score (nSPS) is 14.6. The van der Waals surface area contributed by atoms with Crippen molar-refractivity contribution in [1.29, 1.82) is 0 Å². The van der Waals surface area contributed by atoms with Crippen molar-refractivity contribution in [3.63, 3.8) is 0 Å². The summed E-state index contributed by atoms with van der Waals surface area (Å²) in [5.74, 6) is 2.57. The summed E-state index contributed by atoms with van der Waals surface area (Å²) in [6.07, 6.45) is 6.54. The van der Waals surface area contributed by atoms with E-state index in [1.807, 2.05) is 42.5 Å². The van der Waals surface area contributed by atoms with Crippen molar-refractivity contribution in [2.24, 2.45) is 10.7 Å². The lowest BCUT2D eigenvalue weighted by molar-refractivity contribution is 0.155. The Bertz CT molecular complexity index is 790. The molecule has 29 heavy (non-hydrogen) atoms. The van der Waals surface area contributed by atoms with Gasteiger partial charge in [-0.1, -0.05) is 18.6 Å². The first-order valence-corrected chi connectivity index (χ1v) is 9.72. The zero-order valence-electron chi connectivity index (χ0n) is 17.0. The fraction of sp³-hybridized carbons (Fsp3) is 0.409. The Kier molecular flexibility index (Phi) is 9.37. The average molecular weight is 511 g/mol. The highest BCUT2D eigenvalue weighted by atomic mass is 127. The van der Waals surface area contributed by atoms with Gasteiger partial charge in [0, 0.05) is 11.8 Å². The summed E-state index contributed by atoms with van der Waals surface area (Å²) in [5.41, 5.74) is 7.88. The first-order valence-electron chi connectivity index (χ1n) is 9.72. The highest BCUT2D eigenvalue weighted by molar-refractivity contribution is 14.0. The Hall–Kier alpha value is -2.16. The number of benzene rings is 2. The van der Waals surface area contributed by atoms with E-state index in [2.05, 4.69) is 10.3 Å². The minimum atomic E-state index is 0. The van der Waals surface area contributed by atoms with Crippen molar-refractivity contribution in [2.45, 2.75) is 44.8 Å². The van der Waals surface area contributed by atoms with Crippen molar-refractivity contribution >= 4 is 35.6 Å². The number of nitrogens with one attached hydrogen (secondary N) is 1. The molecule has 1 saturated carbocycles. The summed E-state index contributed by atoms with van der Waals surface area (Å²) in [5, 5.41) is 3.07. The van der Waals surface area contributed by atoms with E-state index >= 15 is 0 Å². The molecule has 1 fully saturated rings. The summed E-state index contributed by atoms with van der Waals surface area (Å²) in [4.78, 5) is 4.40.